The van der Waals surface area contributed by atoms with Gasteiger partial charge < -0.3 is 72.6 Å². The Balaban J connectivity index is 0.962. The van der Waals surface area contributed by atoms with Gasteiger partial charge in [0, 0.05) is 25.2 Å². The number of rotatable bonds is 42. The maximum Gasteiger partial charge on any atom is 0.329 e. The van der Waals surface area contributed by atoms with Crippen molar-refractivity contribution in [3.63, 3.8) is 0 Å². The lowest BCUT2D eigenvalue weighted by molar-refractivity contribution is -0.143. The van der Waals surface area contributed by atoms with E-state index in [1.165, 1.54) is 0 Å². The van der Waals surface area contributed by atoms with Crippen molar-refractivity contribution in [2.75, 3.05) is 177 Å². The van der Waals surface area contributed by atoms with Crippen molar-refractivity contribution < 1.29 is 90.7 Å². The van der Waals surface area contributed by atoms with E-state index in [-0.39, 0.29) is 37.1 Å². The number of nitrogens with one attached hydrogen (secondary N) is 3. The molecular weight excluding hydrogens is 852 g/mol. The van der Waals surface area contributed by atoms with Crippen molar-refractivity contribution in [3.05, 3.63) is 29.3 Å². The second-order valence-electron chi connectivity index (χ2n) is 13.6. The van der Waals surface area contributed by atoms with Crippen molar-refractivity contribution in [1.29, 1.82) is 0 Å². The average molecular weight is 917 g/mol. The summed E-state index contributed by atoms with van der Waals surface area (Å²) in [6.45, 7) is 8.90. The molecule has 0 saturated carbocycles. The highest BCUT2D eigenvalue weighted by Crippen LogP contribution is 2.32. The Bertz CT molecular complexity index is 1520. The van der Waals surface area contributed by atoms with E-state index in [1.807, 2.05) is 0 Å². The van der Waals surface area contributed by atoms with Crippen LogP contribution in [0.5, 0.6) is 0 Å². The SMILES string of the molecule is O=C(O)COCC(=O)NCCOCCOCCOCCOCCOCCOCCOCCOCCOCCOCCOCCNc1cccc2c1C(=O)N(C1CCC(=O)NC1=O)C2=O. The number of carbonyl (C=O) groups excluding carboxylic acids is 5. The van der Waals surface area contributed by atoms with Crippen molar-refractivity contribution in [2.24, 2.45) is 0 Å². The van der Waals surface area contributed by atoms with Gasteiger partial charge in [0.15, 0.2) is 0 Å². The number of fused-ring (bicyclic) bond motifs is 1. The minimum absolute atomic E-state index is 0.0579. The minimum Gasteiger partial charge on any atom is -0.480 e. The van der Waals surface area contributed by atoms with Gasteiger partial charge in [-0.05, 0) is 18.6 Å². The molecule has 23 nitrogen and oxygen atoms in total. The van der Waals surface area contributed by atoms with Crippen molar-refractivity contribution in [3.8, 4) is 0 Å². The van der Waals surface area contributed by atoms with Crippen LogP contribution < -0.4 is 16.0 Å². The molecule has 5 amide bonds. The van der Waals surface area contributed by atoms with E-state index in [4.69, 9.17) is 57.2 Å². The summed E-state index contributed by atoms with van der Waals surface area (Å²) in [6.07, 6.45) is 0.153. The molecule has 0 bridgehead atoms. The average Bonchev–Trinajstić information content (AvgIpc) is 3.53. The molecule has 1 unspecified atom stereocenters. The Morgan fingerprint density at radius 1 is 0.562 bits per heavy atom. The van der Waals surface area contributed by atoms with Crippen LogP contribution in [0.1, 0.15) is 33.6 Å². The zero-order valence-electron chi connectivity index (χ0n) is 36.4. The molecule has 362 valence electrons. The largest absolute Gasteiger partial charge is 0.480 e. The number of hydrogen-bond donors (Lipinski definition) is 4. The van der Waals surface area contributed by atoms with E-state index in [9.17, 15) is 28.8 Å². The number of carboxylic acids is 1. The lowest BCUT2D eigenvalue weighted by Gasteiger charge is -2.27. The third-order valence-corrected chi connectivity index (χ3v) is 8.78. The quantitative estimate of drug-likeness (QED) is 0.0448. The summed E-state index contributed by atoms with van der Waals surface area (Å²) in [5, 5.41) is 16.3. The van der Waals surface area contributed by atoms with Crippen molar-refractivity contribution in [2.45, 2.75) is 18.9 Å². The predicted octanol–water partition coefficient (Wildman–Crippen LogP) is -1.10. The molecule has 2 aliphatic heterocycles. The number of carboxylic acid groups (broad SMARTS) is 1. The molecule has 1 fully saturated rings. The molecule has 2 heterocycles. The van der Waals surface area contributed by atoms with Crippen LogP contribution in [0.3, 0.4) is 0 Å². The first-order valence-electron chi connectivity index (χ1n) is 21.3. The number of anilines is 1. The van der Waals surface area contributed by atoms with Gasteiger partial charge in [-0.3, -0.25) is 34.2 Å². The van der Waals surface area contributed by atoms with Crippen molar-refractivity contribution in [1.82, 2.24) is 15.5 Å². The Morgan fingerprint density at radius 3 is 1.41 bits per heavy atom. The fourth-order valence-electron chi connectivity index (χ4n) is 5.77. The van der Waals surface area contributed by atoms with Gasteiger partial charge in [0.1, 0.15) is 19.3 Å². The van der Waals surface area contributed by atoms with Gasteiger partial charge in [0.25, 0.3) is 11.8 Å². The molecule has 2 aliphatic rings. The zero-order chi connectivity index (χ0) is 45.9. The summed E-state index contributed by atoms with van der Waals surface area (Å²) in [4.78, 5) is 72.6. The number of piperidine rings is 1. The van der Waals surface area contributed by atoms with Crippen LogP contribution in [-0.4, -0.2) is 223 Å². The summed E-state index contributed by atoms with van der Waals surface area (Å²) in [5.41, 5.74) is 0.881. The number of benzene rings is 1. The highest BCUT2D eigenvalue weighted by atomic mass is 16.6. The third kappa shape index (κ3) is 23.6. The van der Waals surface area contributed by atoms with Gasteiger partial charge in [0.2, 0.25) is 17.7 Å². The number of carbonyl (C=O) groups is 6. The van der Waals surface area contributed by atoms with E-state index in [1.54, 1.807) is 18.2 Å². The number of ether oxygens (including phenoxy) is 12. The second kappa shape index (κ2) is 35.1. The smallest absolute Gasteiger partial charge is 0.329 e. The van der Waals surface area contributed by atoms with E-state index < -0.39 is 48.2 Å². The lowest BCUT2D eigenvalue weighted by atomic mass is 10.0. The van der Waals surface area contributed by atoms with E-state index in [2.05, 4.69) is 20.7 Å². The molecule has 64 heavy (non-hydrogen) atoms. The number of aliphatic carboxylic acids is 1. The highest BCUT2D eigenvalue weighted by Gasteiger charge is 2.45. The van der Waals surface area contributed by atoms with E-state index in [0.717, 1.165) is 4.90 Å². The number of imide groups is 2. The summed E-state index contributed by atoms with van der Waals surface area (Å²) in [6, 6.07) is 3.87. The fourth-order valence-corrected chi connectivity index (χ4v) is 5.77. The summed E-state index contributed by atoms with van der Waals surface area (Å²) < 4.78 is 64.9. The Labute approximate surface area is 372 Å². The molecule has 1 aromatic rings. The van der Waals surface area contributed by atoms with Crippen LogP contribution in [0.4, 0.5) is 5.69 Å². The molecule has 4 N–H and O–H groups in total. The molecular formula is C41H64N4O19. The minimum atomic E-state index is -1.13. The lowest BCUT2D eigenvalue weighted by Crippen LogP contribution is -2.54. The summed E-state index contributed by atoms with van der Waals surface area (Å²) >= 11 is 0. The standard InChI is InChI=1S/C41H64N4O19/c46-35-5-4-34(39(50)44-35)45-40(51)32-2-1-3-33(38(32)41(45)52)42-6-8-53-10-12-55-14-16-57-18-20-59-22-24-61-26-28-63-29-27-62-25-23-60-21-19-58-17-15-56-13-11-54-9-7-43-36(47)30-64-31-37(48)49/h1-3,34,42H,4-31H2,(H,43,47)(H,48,49)(H,44,46,50). The van der Waals surface area contributed by atoms with Crippen LogP contribution in [0.25, 0.3) is 0 Å². The topological polar surface area (TPSA) is 273 Å². The molecule has 0 spiro atoms. The number of amides is 5. The van der Waals surface area contributed by atoms with Crippen molar-refractivity contribution >= 4 is 41.2 Å². The van der Waals surface area contributed by atoms with E-state index in [0.29, 0.717) is 158 Å². The number of nitrogens with zero attached hydrogens (tertiary/aromatic N) is 1. The normalized spacial score (nSPS) is 14.9. The second-order valence-corrected chi connectivity index (χ2v) is 13.6. The zero-order valence-corrected chi connectivity index (χ0v) is 36.4. The number of hydrogen-bond acceptors (Lipinski definition) is 19. The summed E-state index contributed by atoms with van der Waals surface area (Å²) in [5.74, 6) is -3.74. The first-order chi connectivity index (χ1) is 31.3. The molecule has 3 rings (SSSR count). The third-order valence-electron chi connectivity index (χ3n) is 8.78. The van der Waals surface area contributed by atoms with Crippen LogP contribution in [0, 0.1) is 0 Å². The van der Waals surface area contributed by atoms with Gasteiger partial charge in [-0.1, -0.05) is 6.07 Å². The van der Waals surface area contributed by atoms with Crippen LogP contribution in [0.15, 0.2) is 18.2 Å². The fraction of sp³-hybridized carbons (Fsp3) is 0.707. The molecule has 23 heteroatoms. The highest BCUT2D eigenvalue weighted by molar-refractivity contribution is 6.25. The molecule has 1 saturated heterocycles. The van der Waals surface area contributed by atoms with Gasteiger partial charge >= 0.3 is 5.97 Å². The Kier molecular flexibility index (Phi) is 29.6. The molecule has 1 aromatic carbocycles. The van der Waals surface area contributed by atoms with Crippen LogP contribution in [0.2, 0.25) is 0 Å². The molecule has 0 aromatic heterocycles. The molecule has 0 radical (unpaired) electrons. The monoisotopic (exact) mass is 916 g/mol. The van der Waals surface area contributed by atoms with Gasteiger partial charge in [-0.2, -0.15) is 0 Å². The van der Waals surface area contributed by atoms with Crippen LogP contribution in [-0.2, 0) is 76.0 Å². The van der Waals surface area contributed by atoms with E-state index >= 15 is 0 Å². The first kappa shape index (κ1) is 54.1. The Morgan fingerprint density at radius 2 is 0.984 bits per heavy atom. The van der Waals surface area contributed by atoms with Crippen LogP contribution >= 0.6 is 0 Å². The molecule has 0 aliphatic carbocycles. The maximum absolute atomic E-state index is 13.2. The Hall–Kier alpha value is -4.24. The van der Waals surface area contributed by atoms with Gasteiger partial charge in [0.05, 0.1) is 156 Å². The summed E-state index contributed by atoms with van der Waals surface area (Å²) in [7, 11) is 0. The molecule has 1 atom stereocenters. The first-order valence-corrected chi connectivity index (χ1v) is 21.3. The predicted molar refractivity (Wildman–Crippen MR) is 222 cm³/mol. The van der Waals surface area contributed by atoms with Gasteiger partial charge in [-0.25, -0.2) is 4.79 Å². The van der Waals surface area contributed by atoms with Gasteiger partial charge in [-0.15, -0.1) is 0 Å². The maximum atomic E-state index is 13.2.